The lowest BCUT2D eigenvalue weighted by atomic mass is 9.70. The van der Waals surface area contributed by atoms with E-state index in [-0.39, 0.29) is 0 Å². The maximum atomic E-state index is 6.27. The minimum Gasteiger partial charge on any atom is -0.494 e. The molecule has 40 heavy (non-hydrogen) atoms. The van der Waals surface area contributed by atoms with Gasteiger partial charge in [-0.15, -0.1) is 0 Å². The maximum Gasteiger partial charge on any atom is 0.119 e. The van der Waals surface area contributed by atoms with Crippen molar-refractivity contribution in [3.05, 3.63) is 48.5 Å². The summed E-state index contributed by atoms with van der Waals surface area (Å²) in [4.78, 5) is 0. The average Bonchev–Trinajstić information content (AvgIpc) is 3.01. The van der Waals surface area contributed by atoms with E-state index in [2.05, 4.69) is 62.4 Å². The molecule has 2 fully saturated rings. The van der Waals surface area contributed by atoms with Crippen molar-refractivity contribution in [2.24, 2.45) is 17.8 Å². The van der Waals surface area contributed by atoms with Crippen LogP contribution < -0.4 is 9.47 Å². The molecule has 0 atom stereocenters. The lowest BCUT2D eigenvalue weighted by Crippen LogP contribution is -2.28. The van der Waals surface area contributed by atoms with Gasteiger partial charge in [-0.05, 0) is 111 Å². The van der Waals surface area contributed by atoms with E-state index in [0.29, 0.717) is 6.10 Å². The third kappa shape index (κ3) is 10.4. The van der Waals surface area contributed by atoms with Crippen LogP contribution in [-0.4, -0.2) is 25.9 Å². The SMILES string of the molecule is CCCCCOc1ccc(-c2ccc(OCCCCOC3CCC(C4CCC(CCCC)CC4)CC3)cc2)cc1. The fraction of sp³-hybridized carbons (Fsp3) is 0.676. The zero-order chi connectivity index (χ0) is 27.8. The van der Waals surface area contributed by atoms with Gasteiger partial charge in [-0.3, -0.25) is 0 Å². The first-order valence-corrected chi connectivity index (χ1v) is 16.8. The Morgan fingerprint density at radius 1 is 0.525 bits per heavy atom. The van der Waals surface area contributed by atoms with Gasteiger partial charge in [-0.1, -0.05) is 83.1 Å². The molecule has 0 saturated heterocycles. The molecule has 3 heteroatoms. The minimum absolute atomic E-state index is 0.493. The number of hydrogen-bond donors (Lipinski definition) is 0. The van der Waals surface area contributed by atoms with Crippen molar-refractivity contribution >= 4 is 0 Å². The molecule has 0 spiro atoms. The molecule has 0 N–H and O–H groups in total. The molecular formula is C37H56O3. The molecule has 2 aromatic carbocycles. The fourth-order valence-corrected chi connectivity index (χ4v) is 6.84. The molecule has 0 amide bonds. The van der Waals surface area contributed by atoms with E-state index >= 15 is 0 Å². The molecular weight excluding hydrogens is 492 g/mol. The number of hydrogen-bond acceptors (Lipinski definition) is 3. The number of ether oxygens (including phenoxy) is 3. The van der Waals surface area contributed by atoms with E-state index < -0.39 is 0 Å². The molecule has 2 saturated carbocycles. The number of unbranched alkanes of at least 4 members (excludes halogenated alkanes) is 4. The van der Waals surface area contributed by atoms with Crippen LogP contribution in [0.3, 0.4) is 0 Å². The molecule has 0 aliphatic heterocycles. The standard InChI is InChI=1S/C37H56O3/c1-3-5-7-27-38-35-23-17-33(18-24-35)34-19-25-37(26-20-34)40-29-9-8-28-39-36-21-15-32(16-22-36)31-13-11-30(12-14-31)10-6-4-2/h17-20,23-26,30-32,36H,3-16,21-22,27-29H2,1-2H3. The highest BCUT2D eigenvalue weighted by Crippen LogP contribution is 2.41. The Labute approximate surface area is 245 Å². The molecule has 0 bridgehead atoms. The summed E-state index contributed by atoms with van der Waals surface area (Å²) in [5, 5.41) is 0. The van der Waals surface area contributed by atoms with Gasteiger partial charge in [0.1, 0.15) is 11.5 Å². The minimum atomic E-state index is 0.493. The summed E-state index contributed by atoms with van der Waals surface area (Å²) in [5.74, 6) is 4.90. The first-order valence-electron chi connectivity index (χ1n) is 16.8. The zero-order valence-electron chi connectivity index (χ0n) is 25.6. The quantitative estimate of drug-likeness (QED) is 0.184. The van der Waals surface area contributed by atoms with Crippen molar-refractivity contribution in [1.82, 2.24) is 0 Å². The second-order valence-corrected chi connectivity index (χ2v) is 12.5. The van der Waals surface area contributed by atoms with Crippen LogP contribution in [0.4, 0.5) is 0 Å². The molecule has 2 aromatic rings. The smallest absolute Gasteiger partial charge is 0.119 e. The third-order valence-electron chi connectivity index (χ3n) is 9.46. The number of benzene rings is 2. The highest BCUT2D eigenvalue weighted by molar-refractivity contribution is 5.64. The van der Waals surface area contributed by atoms with Crippen molar-refractivity contribution in [2.45, 2.75) is 123 Å². The summed E-state index contributed by atoms with van der Waals surface area (Å²) in [7, 11) is 0. The molecule has 2 aliphatic carbocycles. The summed E-state index contributed by atoms with van der Waals surface area (Å²) < 4.78 is 18.1. The molecule has 222 valence electrons. The number of rotatable bonds is 17. The summed E-state index contributed by atoms with van der Waals surface area (Å²) in [6.45, 7) is 6.96. The van der Waals surface area contributed by atoms with E-state index in [1.165, 1.54) is 94.6 Å². The van der Waals surface area contributed by atoms with Crippen molar-refractivity contribution in [1.29, 1.82) is 0 Å². The first kappa shape index (κ1) is 30.9. The second kappa shape index (κ2) is 17.7. The van der Waals surface area contributed by atoms with Crippen LogP contribution in [0.25, 0.3) is 11.1 Å². The Bertz CT molecular complexity index is 905. The Morgan fingerprint density at radius 2 is 1.00 bits per heavy atom. The molecule has 0 heterocycles. The summed E-state index contributed by atoms with van der Waals surface area (Å²) in [5.41, 5.74) is 2.40. The lowest BCUT2D eigenvalue weighted by molar-refractivity contribution is 0.00458. The average molecular weight is 549 g/mol. The summed E-state index contributed by atoms with van der Waals surface area (Å²) >= 11 is 0. The molecule has 0 radical (unpaired) electrons. The van der Waals surface area contributed by atoms with Crippen LogP contribution in [-0.2, 0) is 4.74 Å². The molecule has 3 nitrogen and oxygen atoms in total. The monoisotopic (exact) mass is 548 g/mol. The van der Waals surface area contributed by atoms with Crippen LogP contribution in [0, 0.1) is 17.8 Å². The van der Waals surface area contributed by atoms with Crippen molar-refractivity contribution in [3.8, 4) is 22.6 Å². The van der Waals surface area contributed by atoms with Gasteiger partial charge in [-0.25, -0.2) is 0 Å². The normalized spacial score (nSPS) is 23.1. The van der Waals surface area contributed by atoms with Crippen molar-refractivity contribution in [2.75, 3.05) is 19.8 Å². The highest BCUT2D eigenvalue weighted by Gasteiger charge is 2.30. The largest absolute Gasteiger partial charge is 0.494 e. The zero-order valence-corrected chi connectivity index (χ0v) is 25.6. The van der Waals surface area contributed by atoms with Gasteiger partial charge in [-0.2, -0.15) is 0 Å². The topological polar surface area (TPSA) is 27.7 Å². The van der Waals surface area contributed by atoms with Gasteiger partial charge >= 0.3 is 0 Å². The van der Waals surface area contributed by atoms with Gasteiger partial charge in [0.25, 0.3) is 0 Å². The van der Waals surface area contributed by atoms with E-state index in [1.807, 2.05) is 0 Å². The van der Waals surface area contributed by atoms with Crippen LogP contribution in [0.1, 0.15) is 117 Å². The predicted molar refractivity (Wildman–Crippen MR) is 168 cm³/mol. The van der Waals surface area contributed by atoms with Crippen LogP contribution in [0.5, 0.6) is 11.5 Å². The van der Waals surface area contributed by atoms with E-state index in [4.69, 9.17) is 14.2 Å². The molecule has 0 unspecified atom stereocenters. The highest BCUT2D eigenvalue weighted by atomic mass is 16.5. The van der Waals surface area contributed by atoms with Gasteiger partial charge in [0.15, 0.2) is 0 Å². The molecule has 0 aromatic heterocycles. The van der Waals surface area contributed by atoms with Crippen molar-refractivity contribution < 1.29 is 14.2 Å². The summed E-state index contributed by atoms with van der Waals surface area (Å²) in [6.07, 6.45) is 21.8. The lowest BCUT2D eigenvalue weighted by Gasteiger charge is -2.37. The molecule has 2 aliphatic rings. The van der Waals surface area contributed by atoms with E-state index in [9.17, 15) is 0 Å². The third-order valence-corrected chi connectivity index (χ3v) is 9.46. The predicted octanol–water partition coefficient (Wildman–Crippen LogP) is 10.7. The summed E-state index contributed by atoms with van der Waals surface area (Å²) in [6, 6.07) is 16.9. The van der Waals surface area contributed by atoms with Gasteiger partial charge in [0.05, 0.1) is 19.3 Å². The van der Waals surface area contributed by atoms with Gasteiger partial charge in [0.2, 0.25) is 0 Å². The Morgan fingerprint density at radius 3 is 1.52 bits per heavy atom. The maximum absolute atomic E-state index is 6.27. The van der Waals surface area contributed by atoms with E-state index in [1.54, 1.807) is 0 Å². The van der Waals surface area contributed by atoms with Gasteiger partial charge in [0, 0.05) is 6.61 Å². The van der Waals surface area contributed by atoms with E-state index in [0.717, 1.165) is 68.3 Å². The van der Waals surface area contributed by atoms with Crippen LogP contribution >= 0.6 is 0 Å². The second-order valence-electron chi connectivity index (χ2n) is 12.5. The van der Waals surface area contributed by atoms with Crippen LogP contribution in [0.15, 0.2) is 48.5 Å². The van der Waals surface area contributed by atoms with Crippen molar-refractivity contribution in [3.63, 3.8) is 0 Å². The fourth-order valence-electron chi connectivity index (χ4n) is 6.84. The first-order chi connectivity index (χ1) is 19.7. The Balaban J connectivity index is 1.04. The molecule has 4 rings (SSSR count). The van der Waals surface area contributed by atoms with Crippen LogP contribution in [0.2, 0.25) is 0 Å². The van der Waals surface area contributed by atoms with Gasteiger partial charge < -0.3 is 14.2 Å². The Kier molecular flexibility index (Phi) is 13.7. The Hall–Kier alpha value is -2.00.